The summed E-state index contributed by atoms with van der Waals surface area (Å²) in [5.74, 6) is 0.452. The molecule has 2 bridgehead atoms. The average Bonchev–Trinajstić information content (AvgIpc) is 3.25. The summed E-state index contributed by atoms with van der Waals surface area (Å²) in [7, 11) is 4.51. The zero-order valence-electron chi connectivity index (χ0n) is 17.1. The van der Waals surface area contributed by atoms with Gasteiger partial charge in [0.05, 0.1) is 7.11 Å². The molecule has 1 aromatic rings. The van der Waals surface area contributed by atoms with Gasteiger partial charge in [0.25, 0.3) is 0 Å². The number of ketones is 1. The van der Waals surface area contributed by atoms with Crippen LogP contribution in [-0.4, -0.2) is 56.3 Å². The number of aliphatic hydroxyl groups excluding tert-OH is 1. The minimum atomic E-state index is -1.50. The van der Waals surface area contributed by atoms with Gasteiger partial charge in [-0.3, -0.25) is 4.79 Å². The molecule has 2 aliphatic carbocycles. The lowest BCUT2D eigenvalue weighted by atomic mass is 9.74. The highest BCUT2D eigenvalue weighted by Crippen LogP contribution is 2.60. The summed E-state index contributed by atoms with van der Waals surface area (Å²) in [4.78, 5) is 13.7. The third kappa shape index (κ3) is 2.38. The number of rotatable bonds is 6. The van der Waals surface area contributed by atoms with Crippen molar-refractivity contribution >= 4 is 5.78 Å². The van der Waals surface area contributed by atoms with Crippen LogP contribution in [0.3, 0.4) is 0 Å². The van der Waals surface area contributed by atoms with Gasteiger partial charge in [-0.15, -0.1) is 6.58 Å². The Morgan fingerprint density at radius 3 is 2.66 bits per heavy atom. The van der Waals surface area contributed by atoms with E-state index >= 15 is 0 Å². The Kier molecular flexibility index (Phi) is 4.72. The van der Waals surface area contributed by atoms with Crippen LogP contribution >= 0.6 is 0 Å². The van der Waals surface area contributed by atoms with Crippen LogP contribution < -0.4 is 14.2 Å². The first kappa shape index (κ1) is 19.9. The first-order valence-corrected chi connectivity index (χ1v) is 9.54. The van der Waals surface area contributed by atoms with Gasteiger partial charge >= 0.3 is 0 Å². The lowest BCUT2D eigenvalue weighted by Gasteiger charge is -2.41. The Morgan fingerprint density at radius 1 is 1.28 bits per heavy atom. The van der Waals surface area contributed by atoms with Crippen LogP contribution in [0, 0.1) is 5.92 Å². The predicted octanol–water partition coefficient (Wildman–Crippen LogP) is 2.37. The fourth-order valence-corrected chi connectivity index (χ4v) is 5.27. The molecule has 156 valence electrons. The monoisotopic (exact) mass is 402 g/mol. The number of hydrogen-bond donors (Lipinski definition) is 1. The molecule has 7 nitrogen and oxygen atoms in total. The molecule has 0 radical (unpaired) electrons. The topological polar surface area (TPSA) is 83.5 Å². The van der Waals surface area contributed by atoms with Crippen LogP contribution in [0.4, 0.5) is 0 Å². The van der Waals surface area contributed by atoms with Crippen molar-refractivity contribution in [1.29, 1.82) is 0 Å². The maximum absolute atomic E-state index is 13.7. The molecular formula is C22H26O7. The van der Waals surface area contributed by atoms with E-state index in [1.54, 1.807) is 19.3 Å². The molecule has 0 unspecified atom stereocenters. The molecule has 1 saturated carbocycles. The summed E-state index contributed by atoms with van der Waals surface area (Å²) in [5, 5.41) is 11.3. The molecule has 5 atom stereocenters. The van der Waals surface area contributed by atoms with Gasteiger partial charge in [0, 0.05) is 26.1 Å². The van der Waals surface area contributed by atoms with Crippen LogP contribution in [-0.2, 0) is 14.3 Å². The van der Waals surface area contributed by atoms with Crippen LogP contribution in [0.2, 0.25) is 0 Å². The van der Waals surface area contributed by atoms with Crippen molar-refractivity contribution in [3.8, 4) is 17.2 Å². The van der Waals surface area contributed by atoms with Crippen molar-refractivity contribution in [3.63, 3.8) is 0 Å². The number of hydrogen-bond acceptors (Lipinski definition) is 7. The molecule has 4 rings (SSSR count). The number of carbonyl (C=O) groups excluding carboxylic acids is 1. The van der Waals surface area contributed by atoms with E-state index in [-0.39, 0.29) is 18.5 Å². The van der Waals surface area contributed by atoms with E-state index in [1.165, 1.54) is 14.2 Å². The first-order chi connectivity index (χ1) is 13.9. The molecule has 3 aliphatic rings. The van der Waals surface area contributed by atoms with E-state index in [2.05, 4.69) is 6.58 Å². The number of carbonyl (C=O) groups is 1. The SMILES string of the molecule is C=CCC1=C[C@]2(OC)C(=O)[C@](OC)([C@@H]1O)[C@H](c1cc(OC)c3c(c1)OCO3)[C@H]2C. The van der Waals surface area contributed by atoms with E-state index < -0.39 is 23.2 Å². The molecule has 0 saturated heterocycles. The number of ether oxygens (including phenoxy) is 5. The summed E-state index contributed by atoms with van der Waals surface area (Å²) in [5.41, 5.74) is -1.30. The zero-order valence-corrected chi connectivity index (χ0v) is 17.1. The lowest BCUT2D eigenvalue weighted by molar-refractivity contribution is -0.163. The number of Topliss-reactive ketones (excluding diaryl/α,β-unsaturated/α-hetero) is 1. The molecule has 1 fully saturated rings. The number of benzene rings is 1. The third-order valence-electron chi connectivity index (χ3n) is 6.60. The molecule has 1 N–H and O–H groups in total. The third-order valence-corrected chi connectivity index (χ3v) is 6.60. The highest BCUT2D eigenvalue weighted by Gasteiger charge is 2.72. The van der Waals surface area contributed by atoms with Crippen LogP contribution in [0.5, 0.6) is 17.2 Å². The summed E-state index contributed by atoms with van der Waals surface area (Å²) in [6.45, 7) is 5.80. The minimum Gasteiger partial charge on any atom is -0.493 e. The van der Waals surface area contributed by atoms with Gasteiger partial charge in [-0.05, 0) is 35.8 Å². The maximum atomic E-state index is 13.7. The molecule has 1 heterocycles. The van der Waals surface area contributed by atoms with Crippen molar-refractivity contribution in [2.24, 2.45) is 5.92 Å². The molecule has 7 heteroatoms. The van der Waals surface area contributed by atoms with Gasteiger partial charge in [0.2, 0.25) is 18.3 Å². The Balaban J connectivity index is 1.94. The molecule has 1 aliphatic heterocycles. The van der Waals surface area contributed by atoms with Crippen molar-refractivity contribution in [2.45, 2.75) is 36.6 Å². The van der Waals surface area contributed by atoms with Crippen LogP contribution in [0.1, 0.15) is 24.8 Å². The largest absolute Gasteiger partial charge is 0.493 e. The number of allylic oxidation sites excluding steroid dienone is 1. The Morgan fingerprint density at radius 2 is 2.03 bits per heavy atom. The van der Waals surface area contributed by atoms with Gasteiger partial charge in [0.15, 0.2) is 22.7 Å². The number of aliphatic hydroxyl groups is 1. The minimum absolute atomic E-state index is 0.0966. The fraction of sp³-hybridized carbons (Fsp3) is 0.500. The standard InChI is InChI=1S/C22H26O7/c1-6-7-13-10-21(26-4)12(2)17(22(27-5,19(13)23)20(21)24)14-8-15(25-3)18-16(9-14)28-11-29-18/h6,8-10,12,17,19,23H,1,7,11H2,2-5H3/t12-,17+,19-,21-,22-/m1/s1. The summed E-state index contributed by atoms with van der Waals surface area (Å²) >= 11 is 0. The highest BCUT2D eigenvalue weighted by molar-refractivity contribution is 6.03. The molecule has 0 aromatic heterocycles. The predicted molar refractivity (Wildman–Crippen MR) is 104 cm³/mol. The normalized spacial score (nSPS) is 34.9. The molecule has 0 amide bonds. The van der Waals surface area contributed by atoms with Crippen molar-refractivity contribution in [1.82, 2.24) is 0 Å². The van der Waals surface area contributed by atoms with Gasteiger partial charge < -0.3 is 28.8 Å². The Labute approximate surface area is 169 Å². The van der Waals surface area contributed by atoms with Gasteiger partial charge in [-0.25, -0.2) is 0 Å². The van der Waals surface area contributed by atoms with E-state index in [1.807, 2.05) is 19.1 Å². The van der Waals surface area contributed by atoms with Gasteiger partial charge in [0.1, 0.15) is 6.10 Å². The van der Waals surface area contributed by atoms with E-state index in [4.69, 9.17) is 23.7 Å². The van der Waals surface area contributed by atoms with Crippen molar-refractivity contribution in [3.05, 3.63) is 42.0 Å². The van der Waals surface area contributed by atoms with Crippen molar-refractivity contribution in [2.75, 3.05) is 28.1 Å². The van der Waals surface area contributed by atoms with Gasteiger partial charge in [-0.1, -0.05) is 13.0 Å². The molecular weight excluding hydrogens is 376 g/mol. The van der Waals surface area contributed by atoms with Gasteiger partial charge in [-0.2, -0.15) is 0 Å². The smallest absolute Gasteiger partial charge is 0.231 e. The maximum Gasteiger partial charge on any atom is 0.231 e. The molecule has 0 spiro atoms. The van der Waals surface area contributed by atoms with E-state index in [0.29, 0.717) is 29.2 Å². The second-order valence-corrected chi connectivity index (χ2v) is 7.66. The second-order valence-electron chi connectivity index (χ2n) is 7.66. The summed E-state index contributed by atoms with van der Waals surface area (Å²) in [6.07, 6.45) is 2.73. The van der Waals surface area contributed by atoms with Crippen LogP contribution in [0.15, 0.2) is 36.4 Å². The molecule has 1 aromatic carbocycles. The number of methoxy groups -OCH3 is 3. The molecule has 29 heavy (non-hydrogen) atoms. The first-order valence-electron chi connectivity index (χ1n) is 9.54. The van der Waals surface area contributed by atoms with E-state index in [0.717, 1.165) is 5.56 Å². The fourth-order valence-electron chi connectivity index (χ4n) is 5.27. The summed E-state index contributed by atoms with van der Waals surface area (Å²) in [6, 6.07) is 3.64. The van der Waals surface area contributed by atoms with E-state index in [9.17, 15) is 9.90 Å². The highest BCUT2D eigenvalue weighted by atomic mass is 16.7. The number of fused-ring (bicyclic) bond motifs is 3. The van der Waals surface area contributed by atoms with Crippen LogP contribution in [0.25, 0.3) is 0 Å². The quantitative estimate of drug-likeness (QED) is 0.732. The average molecular weight is 402 g/mol. The zero-order chi connectivity index (χ0) is 21.0. The Bertz CT molecular complexity index is 891. The lowest BCUT2D eigenvalue weighted by Crippen LogP contribution is -2.59. The van der Waals surface area contributed by atoms with Crippen molar-refractivity contribution < 1.29 is 33.6 Å². The summed E-state index contributed by atoms with van der Waals surface area (Å²) < 4.78 is 28.2. The second kappa shape index (κ2) is 6.86. The Hall–Kier alpha value is -2.35.